The molecule has 0 aliphatic carbocycles. The number of aliphatic hydroxyl groups excluding tert-OH is 3. The Morgan fingerprint density at radius 3 is 2.53 bits per heavy atom. The summed E-state index contributed by atoms with van der Waals surface area (Å²) in [5.41, 5.74) is 2.43. The molecule has 2 aromatic carbocycles. The largest absolute Gasteiger partial charge is 0.462 e. The van der Waals surface area contributed by atoms with Gasteiger partial charge < -0.3 is 34.4 Å². The minimum atomic E-state index is -1.77. The molecule has 0 unspecified atom stereocenters. The first-order chi connectivity index (χ1) is 18.2. The van der Waals surface area contributed by atoms with E-state index in [0.29, 0.717) is 23.4 Å². The second-order valence-electron chi connectivity index (χ2n) is 9.67. The van der Waals surface area contributed by atoms with Crippen molar-refractivity contribution in [2.75, 3.05) is 20.3 Å². The number of carbonyl (C=O) groups is 1. The number of hydrogen-bond acceptors (Lipinski definition) is 9. The van der Waals surface area contributed by atoms with Gasteiger partial charge in [-0.25, -0.2) is 0 Å². The summed E-state index contributed by atoms with van der Waals surface area (Å²) in [5.74, 6) is -2.22. The summed E-state index contributed by atoms with van der Waals surface area (Å²) in [6, 6.07) is 13.0. The van der Waals surface area contributed by atoms with Gasteiger partial charge in [0.25, 0.3) is 0 Å². The van der Waals surface area contributed by atoms with Crippen LogP contribution in [0.25, 0.3) is 0 Å². The molecule has 3 N–H and O–H groups in total. The molecule has 2 fully saturated rings. The molecule has 2 bridgehead atoms. The molecule has 9 nitrogen and oxygen atoms in total. The molecule has 2 aromatic rings. The summed E-state index contributed by atoms with van der Waals surface area (Å²) in [7, 11) is 1.52. The number of carbonyl (C=O) groups excluding carboxylic acids is 1. The fraction of sp³-hybridized carbons (Fsp3) is 0.500. The van der Waals surface area contributed by atoms with Crippen molar-refractivity contribution in [1.82, 2.24) is 0 Å². The molecular weight excluding hydrogens is 514 g/mol. The molecule has 38 heavy (non-hydrogen) atoms. The molecule has 206 valence electrons. The molecule has 10 heteroatoms. The third-order valence-corrected chi connectivity index (χ3v) is 7.43. The lowest BCUT2D eigenvalue weighted by Crippen LogP contribution is -2.65. The summed E-state index contributed by atoms with van der Waals surface area (Å²) < 4.78 is 17.5. The Morgan fingerprint density at radius 1 is 1.13 bits per heavy atom. The zero-order valence-electron chi connectivity index (χ0n) is 21.7. The maximum absolute atomic E-state index is 12.0. The van der Waals surface area contributed by atoms with Crippen molar-refractivity contribution in [1.29, 1.82) is 0 Å². The van der Waals surface area contributed by atoms with E-state index < -0.39 is 35.7 Å². The minimum Gasteiger partial charge on any atom is -0.462 e. The molecule has 2 aliphatic rings. The van der Waals surface area contributed by atoms with Gasteiger partial charge in [0.2, 0.25) is 5.79 Å². The predicted octanol–water partition coefficient (Wildman–Crippen LogP) is 3.07. The van der Waals surface area contributed by atoms with Crippen LogP contribution in [-0.4, -0.2) is 71.2 Å². The first kappa shape index (κ1) is 28.5. The van der Waals surface area contributed by atoms with Crippen LogP contribution in [0, 0.1) is 0 Å². The first-order valence-corrected chi connectivity index (χ1v) is 13.1. The van der Waals surface area contributed by atoms with E-state index >= 15 is 0 Å². The van der Waals surface area contributed by atoms with Crippen LogP contribution >= 0.6 is 11.6 Å². The summed E-state index contributed by atoms with van der Waals surface area (Å²) in [6.07, 6.45) is -2.69. The summed E-state index contributed by atoms with van der Waals surface area (Å²) in [6.45, 7) is 3.34. The van der Waals surface area contributed by atoms with E-state index in [-0.39, 0.29) is 19.6 Å². The first-order valence-electron chi connectivity index (χ1n) is 12.7. The van der Waals surface area contributed by atoms with E-state index in [0.717, 1.165) is 28.8 Å². The molecule has 5 atom stereocenters. The average Bonchev–Trinajstić information content (AvgIpc) is 3.30. The standard InChI is InChI=1S/C28H34ClNO8/c1-4-6-23(31)36-15-27-16-37-28(38-27,26(34)24(32)25(27)33)20-11-12-21(29)19(14-20)13-17-7-9-18(10-8-17)22(5-2)30-35-3/h7-12,14,24-26,32-34H,4-6,13,15-16H2,1-3H3/t24-,25-,26+,27-,28-/m0/s1. The molecular formula is C28H34ClNO8. The van der Waals surface area contributed by atoms with Gasteiger partial charge >= 0.3 is 5.97 Å². The highest BCUT2D eigenvalue weighted by Gasteiger charge is 2.67. The second kappa shape index (κ2) is 11.7. The van der Waals surface area contributed by atoms with Gasteiger partial charge in [0.05, 0.1) is 12.3 Å². The van der Waals surface area contributed by atoms with E-state index in [1.807, 2.05) is 38.1 Å². The number of aliphatic hydroxyl groups is 3. The number of nitrogens with zero attached hydrogens (tertiary/aromatic N) is 1. The van der Waals surface area contributed by atoms with Crippen molar-refractivity contribution < 1.29 is 39.2 Å². The average molecular weight is 548 g/mol. The Hall–Kier alpha value is -2.53. The highest BCUT2D eigenvalue weighted by molar-refractivity contribution is 6.31. The van der Waals surface area contributed by atoms with Gasteiger partial charge in [-0.1, -0.05) is 60.9 Å². The predicted molar refractivity (Wildman–Crippen MR) is 140 cm³/mol. The molecule has 2 heterocycles. The van der Waals surface area contributed by atoms with Crippen LogP contribution in [0.2, 0.25) is 5.02 Å². The molecule has 4 rings (SSSR count). The van der Waals surface area contributed by atoms with E-state index in [9.17, 15) is 20.1 Å². The number of ether oxygens (including phenoxy) is 3. The maximum atomic E-state index is 12.0. The van der Waals surface area contributed by atoms with Crippen LogP contribution in [0.4, 0.5) is 0 Å². The SMILES string of the molecule is CCCC(=O)OC[C@@]12CO[C@@](c3ccc(Cl)c(Cc4ccc(C(CC)=NOC)cc4)c3)(O1)[C@H](O)[C@@H](O)[C@@H]2O. The zero-order chi connectivity index (χ0) is 27.5. The van der Waals surface area contributed by atoms with Crippen LogP contribution in [0.3, 0.4) is 0 Å². The normalized spacial score (nSPS) is 28.8. The quantitative estimate of drug-likeness (QED) is 0.235. The lowest BCUT2D eigenvalue weighted by molar-refractivity contribution is -0.330. The molecule has 2 aliphatic heterocycles. The Morgan fingerprint density at radius 2 is 1.87 bits per heavy atom. The van der Waals surface area contributed by atoms with Crippen LogP contribution < -0.4 is 0 Å². The van der Waals surface area contributed by atoms with E-state index in [1.54, 1.807) is 18.2 Å². The van der Waals surface area contributed by atoms with Gasteiger partial charge in [-0.15, -0.1) is 0 Å². The van der Waals surface area contributed by atoms with Crippen molar-refractivity contribution in [3.63, 3.8) is 0 Å². The van der Waals surface area contributed by atoms with E-state index in [2.05, 4.69) is 5.16 Å². The maximum Gasteiger partial charge on any atom is 0.305 e. The Kier molecular flexibility index (Phi) is 8.76. The van der Waals surface area contributed by atoms with Crippen molar-refractivity contribution >= 4 is 23.3 Å². The number of benzene rings is 2. The topological polar surface area (TPSA) is 127 Å². The van der Waals surface area contributed by atoms with Gasteiger partial charge in [-0.3, -0.25) is 4.79 Å². The lowest BCUT2D eigenvalue weighted by Gasteiger charge is -2.46. The Bertz CT molecular complexity index is 1170. The van der Waals surface area contributed by atoms with E-state index in [1.165, 1.54) is 7.11 Å². The lowest BCUT2D eigenvalue weighted by atomic mass is 9.83. The second-order valence-corrected chi connectivity index (χ2v) is 10.1. The summed E-state index contributed by atoms with van der Waals surface area (Å²) >= 11 is 6.53. The molecule has 0 radical (unpaired) electrons. The number of hydrogen-bond donors (Lipinski definition) is 3. The third kappa shape index (κ3) is 5.32. The van der Waals surface area contributed by atoms with Crippen molar-refractivity contribution in [2.45, 2.75) is 69.2 Å². The molecule has 0 amide bonds. The van der Waals surface area contributed by atoms with Gasteiger partial charge in [0.15, 0.2) is 5.60 Å². The van der Waals surface area contributed by atoms with E-state index in [4.69, 9.17) is 30.6 Å². The molecule has 2 saturated heterocycles. The van der Waals surface area contributed by atoms with Gasteiger partial charge in [-0.2, -0.15) is 0 Å². The van der Waals surface area contributed by atoms with Crippen LogP contribution in [-0.2, 0) is 36.1 Å². The van der Waals surface area contributed by atoms with Crippen LogP contribution in [0.1, 0.15) is 55.4 Å². The van der Waals surface area contributed by atoms with Gasteiger partial charge in [-0.05, 0) is 48.1 Å². The smallest absolute Gasteiger partial charge is 0.305 e. The number of rotatable bonds is 10. The highest BCUT2D eigenvalue weighted by atomic mass is 35.5. The van der Waals surface area contributed by atoms with Crippen molar-refractivity contribution in [3.8, 4) is 0 Å². The minimum absolute atomic E-state index is 0.191. The van der Waals surface area contributed by atoms with Crippen LogP contribution in [0.5, 0.6) is 0 Å². The summed E-state index contributed by atoms with van der Waals surface area (Å²) in [4.78, 5) is 16.9. The van der Waals surface area contributed by atoms with Crippen LogP contribution in [0.15, 0.2) is 47.6 Å². The van der Waals surface area contributed by atoms with Crippen molar-refractivity contribution in [3.05, 3.63) is 69.7 Å². The zero-order valence-corrected chi connectivity index (χ0v) is 22.5. The van der Waals surface area contributed by atoms with Gasteiger partial charge in [0.1, 0.15) is 32.0 Å². The molecule has 0 aromatic heterocycles. The Balaban J connectivity index is 1.60. The number of oxime groups is 1. The molecule has 0 saturated carbocycles. The number of fused-ring (bicyclic) bond motifs is 2. The fourth-order valence-corrected chi connectivity index (χ4v) is 5.12. The number of esters is 1. The third-order valence-electron chi connectivity index (χ3n) is 7.06. The highest BCUT2D eigenvalue weighted by Crippen LogP contribution is 2.50. The monoisotopic (exact) mass is 547 g/mol. The fourth-order valence-electron chi connectivity index (χ4n) is 4.93. The summed E-state index contributed by atoms with van der Waals surface area (Å²) in [5, 5.41) is 37.0. The Labute approximate surface area is 226 Å². The van der Waals surface area contributed by atoms with Gasteiger partial charge in [0, 0.05) is 17.0 Å². The van der Waals surface area contributed by atoms with Crippen molar-refractivity contribution in [2.24, 2.45) is 5.16 Å². The molecule has 0 spiro atoms. The number of halogens is 1.